The van der Waals surface area contributed by atoms with Crippen molar-refractivity contribution < 1.29 is 37.6 Å². The second-order valence-electron chi connectivity index (χ2n) is 7.75. The van der Waals surface area contributed by atoms with Crippen molar-refractivity contribution in [3.63, 3.8) is 0 Å². The highest BCUT2D eigenvalue weighted by molar-refractivity contribution is 7.46. The third-order valence-corrected chi connectivity index (χ3v) is 5.45. The molecule has 0 aliphatic heterocycles. The Kier molecular flexibility index (Phi) is 9.20. The fourth-order valence-corrected chi connectivity index (χ4v) is 3.56. The number of urea groups is 1. The van der Waals surface area contributed by atoms with E-state index in [4.69, 9.17) is 18.9 Å². The molecule has 12 nitrogen and oxygen atoms in total. The molecule has 0 radical (unpaired) electrons. The Morgan fingerprint density at radius 1 is 1.14 bits per heavy atom. The molecule has 2 aromatic carbocycles. The number of hydrogen-bond donors (Lipinski definition) is 5. The zero-order valence-electron chi connectivity index (χ0n) is 19.6. The Labute approximate surface area is 207 Å². The minimum atomic E-state index is -4.65. The van der Waals surface area contributed by atoms with Crippen molar-refractivity contribution in [2.24, 2.45) is 0 Å². The topological polar surface area (TPSA) is 172 Å². The van der Waals surface area contributed by atoms with Crippen LogP contribution >= 0.6 is 7.82 Å². The number of oxazole rings is 1. The summed E-state index contributed by atoms with van der Waals surface area (Å²) >= 11 is 0. The Bertz CT molecular complexity index is 1230. The van der Waals surface area contributed by atoms with Crippen LogP contribution in [0, 0.1) is 6.92 Å². The number of benzene rings is 2. The molecule has 3 aromatic rings. The molecule has 0 aliphatic rings. The van der Waals surface area contributed by atoms with E-state index in [0.29, 0.717) is 29.1 Å². The van der Waals surface area contributed by atoms with Gasteiger partial charge in [0.25, 0.3) is 0 Å². The smallest absolute Gasteiger partial charge is 0.444 e. The summed E-state index contributed by atoms with van der Waals surface area (Å²) in [6.07, 6.45) is 1.70. The number of carbonyl (C=O) groups excluding carboxylic acids is 2. The number of hydrogen-bond acceptors (Lipinski definition) is 7. The molecule has 13 heteroatoms. The number of phosphoric acid groups is 1. The largest absolute Gasteiger partial charge is 0.469 e. The van der Waals surface area contributed by atoms with E-state index in [-0.39, 0.29) is 6.54 Å². The highest BCUT2D eigenvalue weighted by Gasteiger charge is 2.20. The lowest BCUT2D eigenvalue weighted by molar-refractivity contribution is 0.0516. The molecule has 192 valence electrons. The van der Waals surface area contributed by atoms with Crippen molar-refractivity contribution in [2.45, 2.75) is 32.9 Å². The van der Waals surface area contributed by atoms with Gasteiger partial charge in [0.05, 0.1) is 12.8 Å². The van der Waals surface area contributed by atoms with Gasteiger partial charge in [-0.05, 0) is 54.8 Å². The van der Waals surface area contributed by atoms with Crippen molar-refractivity contribution in [3.8, 4) is 11.3 Å². The quantitative estimate of drug-likeness (QED) is 0.244. The standard InChI is InChI=1S/C23H27N4O8P/c1-3-19(13-34-36(30,31)32)35-23(29)25-11-16-5-4-6-17(10-16)26-22(28)27-18-7-8-20(15(2)9-18)21-12-24-14-33-21/h4-10,12,14,19H,3,11,13H2,1-2H3,(H,25,29)(H2,26,27,28)(H2,30,31,32). The van der Waals surface area contributed by atoms with Crippen molar-refractivity contribution in [1.82, 2.24) is 10.3 Å². The first-order valence-corrected chi connectivity index (χ1v) is 12.5. The Balaban J connectivity index is 1.50. The second-order valence-corrected chi connectivity index (χ2v) is 8.99. The van der Waals surface area contributed by atoms with Crippen LogP contribution in [0.4, 0.5) is 21.0 Å². The number of nitrogens with one attached hydrogen (secondary N) is 3. The first-order chi connectivity index (χ1) is 17.1. The predicted molar refractivity (Wildman–Crippen MR) is 131 cm³/mol. The number of aromatic nitrogens is 1. The molecule has 0 aliphatic carbocycles. The van der Waals surface area contributed by atoms with E-state index < -0.39 is 32.7 Å². The van der Waals surface area contributed by atoms with Crippen molar-refractivity contribution >= 4 is 31.3 Å². The zero-order chi connectivity index (χ0) is 26.1. The molecule has 1 heterocycles. The van der Waals surface area contributed by atoms with E-state index in [0.717, 1.165) is 11.1 Å². The van der Waals surface area contributed by atoms with Crippen LogP contribution in [0.3, 0.4) is 0 Å². The fraction of sp³-hybridized carbons (Fsp3) is 0.261. The molecule has 1 unspecified atom stereocenters. The lowest BCUT2D eigenvalue weighted by Crippen LogP contribution is -2.30. The van der Waals surface area contributed by atoms with Gasteiger partial charge in [0.2, 0.25) is 0 Å². The molecule has 0 fully saturated rings. The van der Waals surface area contributed by atoms with Crippen molar-refractivity contribution in [3.05, 3.63) is 66.2 Å². The maximum atomic E-state index is 12.5. The molecule has 0 saturated heterocycles. The number of phosphoric ester groups is 1. The molecule has 36 heavy (non-hydrogen) atoms. The maximum absolute atomic E-state index is 12.5. The van der Waals surface area contributed by atoms with E-state index in [1.807, 2.05) is 19.1 Å². The number of alkyl carbamates (subject to hydrolysis) is 1. The maximum Gasteiger partial charge on any atom is 0.469 e. The number of ether oxygens (including phenoxy) is 1. The van der Waals surface area contributed by atoms with Crippen LogP contribution in [0.25, 0.3) is 11.3 Å². The van der Waals surface area contributed by atoms with E-state index in [1.54, 1.807) is 43.5 Å². The minimum Gasteiger partial charge on any atom is -0.444 e. The zero-order valence-corrected chi connectivity index (χ0v) is 20.5. The van der Waals surface area contributed by atoms with E-state index in [2.05, 4.69) is 25.5 Å². The van der Waals surface area contributed by atoms with Crippen LogP contribution in [-0.2, 0) is 20.4 Å². The van der Waals surface area contributed by atoms with Gasteiger partial charge in [-0.15, -0.1) is 0 Å². The molecule has 0 bridgehead atoms. The van der Waals surface area contributed by atoms with Crippen LogP contribution in [0.1, 0.15) is 24.5 Å². The van der Waals surface area contributed by atoms with Gasteiger partial charge in [-0.1, -0.05) is 19.1 Å². The molecule has 0 spiro atoms. The van der Waals surface area contributed by atoms with Gasteiger partial charge < -0.3 is 34.9 Å². The highest BCUT2D eigenvalue weighted by Crippen LogP contribution is 2.36. The van der Waals surface area contributed by atoms with Crippen LogP contribution in [-0.4, -0.2) is 39.6 Å². The third kappa shape index (κ3) is 8.51. The minimum absolute atomic E-state index is 0.105. The van der Waals surface area contributed by atoms with Gasteiger partial charge in [0, 0.05) is 23.5 Å². The molecule has 5 N–H and O–H groups in total. The van der Waals surface area contributed by atoms with Crippen LogP contribution in [0.2, 0.25) is 0 Å². The summed E-state index contributed by atoms with van der Waals surface area (Å²) < 4.78 is 25.6. The molecule has 3 rings (SSSR count). The van der Waals surface area contributed by atoms with Crippen LogP contribution < -0.4 is 16.0 Å². The summed E-state index contributed by atoms with van der Waals surface area (Å²) in [5.74, 6) is 0.637. The lowest BCUT2D eigenvalue weighted by Gasteiger charge is -2.17. The van der Waals surface area contributed by atoms with E-state index >= 15 is 0 Å². The van der Waals surface area contributed by atoms with Gasteiger partial charge in [0.15, 0.2) is 12.2 Å². The number of aryl methyl sites for hydroxylation is 1. The van der Waals surface area contributed by atoms with E-state index in [9.17, 15) is 14.2 Å². The predicted octanol–water partition coefficient (Wildman–Crippen LogP) is 4.41. The average molecular weight is 518 g/mol. The molecule has 0 saturated carbocycles. The van der Waals surface area contributed by atoms with Gasteiger partial charge in [-0.25, -0.2) is 19.1 Å². The normalized spacial score (nSPS) is 12.0. The average Bonchev–Trinajstić information content (AvgIpc) is 3.35. The van der Waals surface area contributed by atoms with Crippen LogP contribution in [0.5, 0.6) is 0 Å². The monoisotopic (exact) mass is 518 g/mol. The summed E-state index contributed by atoms with van der Waals surface area (Å²) in [7, 11) is -4.65. The summed E-state index contributed by atoms with van der Waals surface area (Å²) in [6.45, 7) is 3.27. The molecule has 3 amide bonds. The number of amides is 3. The molecular weight excluding hydrogens is 491 g/mol. The first-order valence-electron chi connectivity index (χ1n) is 10.9. The summed E-state index contributed by atoms with van der Waals surface area (Å²) in [5.41, 5.74) is 3.58. The second kappa shape index (κ2) is 12.3. The molecule has 1 atom stereocenters. The Morgan fingerprint density at radius 3 is 2.53 bits per heavy atom. The molecular formula is C23H27N4O8P. The number of carbonyl (C=O) groups is 2. The van der Waals surface area contributed by atoms with E-state index in [1.165, 1.54) is 6.39 Å². The Morgan fingerprint density at radius 2 is 1.89 bits per heavy atom. The summed E-state index contributed by atoms with van der Waals surface area (Å²) in [6, 6.07) is 11.8. The van der Waals surface area contributed by atoms with Gasteiger partial charge in [-0.3, -0.25) is 4.52 Å². The number of rotatable bonds is 10. The van der Waals surface area contributed by atoms with Gasteiger partial charge >= 0.3 is 19.9 Å². The SMILES string of the molecule is CCC(COP(=O)(O)O)OC(=O)NCc1cccc(NC(=O)Nc2ccc(-c3cnco3)c(C)c2)c1. The van der Waals surface area contributed by atoms with Crippen molar-refractivity contribution in [2.75, 3.05) is 17.2 Å². The number of nitrogens with zero attached hydrogens (tertiary/aromatic N) is 1. The lowest BCUT2D eigenvalue weighted by atomic mass is 10.1. The van der Waals surface area contributed by atoms with Gasteiger partial charge in [0.1, 0.15) is 6.10 Å². The molecule has 1 aromatic heterocycles. The van der Waals surface area contributed by atoms with Crippen LogP contribution in [0.15, 0.2) is 59.5 Å². The Hall–Kier alpha value is -3.70. The highest BCUT2D eigenvalue weighted by atomic mass is 31.2. The van der Waals surface area contributed by atoms with Gasteiger partial charge in [-0.2, -0.15) is 0 Å². The summed E-state index contributed by atoms with van der Waals surface area (Å²) in [4.78, 5) is 45.9. The first kappa shape index (κ1) is 26.9. The fourth-order valence-electron chi connectivity index (χ4n) is 3.20. The summed E-state index contributed by atoms with van der Waals surface area (Å²) in [5, 5.41) is 8.06. The number of anilines is 2. The third-order valence-electron chi connectivity index (χ3n) is 4.96. The van der Waals surface area contributed by atoms with Crippen molar-refractivity contribution in [1.29, 1.82) is 0 Å².